The van der Waals surface area contributed by atoms with Crippen LogP contribution in [-0.2, 0) is 17.6 Å². The number of hydrogen-bond acceptors (Lipinski definition) is 6. The Morgan fingerprint density at radius 3 is 2.78 bits per heavy atom. The van der Waals surface area contributed by atoms with Crippen molar-refractivity contribution in [3.8, 4) is 0 Å². The van der Waals surface area contributed by atoms with E-state index >= 15 is 0 Å². The number of rotatable bonds is 1. The summed E-state index contributed by atoms with van der Waals surface area (Å²) in [6, 6.07) is 0. The summed E-state index contributed by atoms with van der Waals surface area (Å²) in [4.78, 5) is 24.6. The first-order valence-corrected chi connectivity index (χ1v) is 8.79. The van der Waals surface area contributed by atoms with Gasteiger partial charge in [0.2, 0.25) is 5.91 Å². The van der Waals surface area contributed by atoms with Gasteiger partial charge in [-0.25, -0.2) is 9.97 Å². The second-order valence-electron chi connectivity index (χ2n) is 6.17. The van der Waals surface area contributed by atoms with E-state index in [2.05, 4.69) is 9.97 Å². The van der Waals surface area contributed by atoms with Crippen molar-refractivity contribution < 1.29 is 15.0 Å². The Bertz CT molecular complexity index is 771. The first-order valence-electron chi connectivity index (χ1n) is 7.60. The van der Waals surface area contributed by atoms with E-state index in [1.54, 1.807) is 16.2 Å². The summed E-state index contributed by atoms with van der Waals surface area (Å²) in [5.74, 6) is -0.0966. The average molecular weight is 354 g/mol. The third-order valence-electron chi connectivity index (χ3n) is 4.72. The van der Waals surface area contributed by atoms with Gasteiger partial charge in [-0.2, -0.15) is 0 Å². The van der Waals surface area contributed by atoms with Crippen molar-refractivity contribution in [3.63, 3.8) is 0 Å². The molecule has 0 unspecified atom stereocenters. The Labute approximate surface area is 141 Å². The van der Waals surface area contributed by atoms with Gasteiger partial charge in [-0.15, -0.1) is 11.3 Å². The highest BCUT2D eigenvalue weighted by Crippen LogP contribution is 2.40. The van der Waals surface area contributed by atoms with Gasteiger partial charge in [-0.3, -0.25) is 4.79 Å². The second kappa shape index (κ2) is 5.66. The Balaban J connectivity index is 1.58. The summed E-state index contributed by atoms with van der Waals surface area (Å²) >= 11 is 7.77. The maximum Gasteiger partial charge on any atom is 0.226 e. The number of carbonyl (C=O) groups is 1. The number of aliphatic hydroxyl groups excluding tert-OH is 2. The van der Waals surface area contributed by atoms with Crippen molar-refractivity contribution in [2.24, 2.45) is 5.92 Å². The van der Waals surface area contributed by atoms with E-state index in [0.29, 0.717) is 11.6 Å². The molecule has 1 saturated heterocycles. The lowest BCUT2D eigenvalue weighted by Crippen LogP contribution is -2.37. The molecule has 1 aliphatic heterocycles. The zero-order valence-corrected chi connectivity index (χ0v) is 13.8. The quantitative estimate of drug-likeness (QED) is 0.747. The molecule has 0 radical (unpaired) electrons. The number of aliphatic hydroxyl groups is 2. The van der Waals surface area contributed by atoms with Crippen molar-refractivity contribution in [2.45, 2.75) is 31.5 Å². The van der Waals surface area contributed by atoms with Crippen LogP contribution in [0.25, 0.3) is 10.2 Å². The van der Waals surface area contributed by atoms with Crippen LogP contribution in [0.2, 0.25) is 5.15 Å². The fourth-order valence-corrected chi connectivity index (χ4v) is 5.06. The highest BCUT2D eigenvalue weighted by molar-refractivity contribution is 7.19. The van der Waals surface area contributed by atoms with Gasteiger partial charge >= 0.3 is 0 Å². The van der Waals surface area contributed by atoms with Crippen LogP contribution in [0.1, 0.15) is 16.9 Å². The molecule has 1 amide bonds. The number of nitrogens with zero attached hydrogens (tertiary/aromatic N) is 3. The normalized spacial score (nSPS) is 27.4. The molecule has 3 atom stereocenters. The van der Waals surface area contributed by atoms with Crippen LogP contribution in [0.5, 0.6) is 0 Å². The number of thiophene rings is 1. The van der Waals surface area contributed by atoms with Crippen LogP contribution in [0.4, 0.5) is 0 Å². The van der Waals surface area contributed by atoms with Gasteiger partial charge in [0.05, 0.1) is 17.6 Å². The standard InChI is InChI=1S/C15H16ClN3O3S/c16-13-12-8-2-1-7(3-11(8)23-14(12)18-6-17-13)15(22)19-4-9(20)10(21)5-19/h6-7,9-10,20-21H,1-5H2/t7-,9-,10-/m0/s1. The molecule has 0 aromatic carbocycles. The van der Waals surface area contributed by atoms with Crippen molar-refractivity contribution >= 4 is 39.1 Å². The first-order chi connectivity index (χ1) is 11.0. The lowest BCUT2D eigenvalue weighted by atomic mass is 9.87. The molecular formula is C15H16ClN3O3S. The molecule has 3 heterocycles. The van der Waals surface area contributed by atoms with Crippen LogP contribution in [0.3, 0.4) is 0 Å². The van der Waals surface area contributed by atoms with Crippen molar-refractivity contribution in [1.82, 2.24) is 14.9 Å². The molecule has 122 valence electrons. The minimum atomic E-state index is -0.837. The minimum Gasteiger partial charge on any atom is -0.388 e. The van der Waals surface area contributed by atoms with E-state index in [1.165, 1.54) is 11.9 Å². The summed E-state index contributed by atoms with van der Waals surface area (Å²) in [5, 5.41) is 20.7. The van der Waals surface area contributed by atoms with E-state index in [4.69, 9.17) is 11.6 Å². The number of hydrogen-bond donors (Lipinski definition) is 2. The first kappa shape index (κ1) is 15.3. The van der Waals surface area contributed by atoms with Gasteiger partial charge in [-0.1, -0.05) is 11.6 Å². The molecular weight excluding hydrogens is 338 g/mol. The molecule has 8 heteroatoms. The molecule has 1 aliphatic carbocycles. The van der Waals surface area contributed by atoms with Gasteiger partial charge in [0.15, 0.2) is 0 Å². The van der Waals surface area contributed by atoms with Crippen LogP contribution in [0.15, 0.2) is 6.33 Å². The van der Waals surface area contributed by atoms with E-state index in [-0.39, 0.29) is 24.9 Å². The molecule has 6 nitrogen and oxygen atoms in total. The number of β-amino-alcohol motifs (C(OH)–C–C–N with tert-alkyl or cyclic N) is 2. The van der Waals surface area contributed by atoms with Gasteiger partial charge < -0.3 is 15.1 Å². The number of amides is 1. The van der Waals surface area contributed by atoms with Gasteiger partial charge in [-0.05, 0) is 24.8 Å². The molecule has 2 aliphatic rings. The van der Waals surface area contributed by atoms with E-state index in [9.17, 15) is 15.0 Å². The lowest BCUT2D eigenvalue weighted by Gasteiger charge is -2.26. The predicted octanol–water partition coefficient (Wildman–Crippen LogP) is 1.01. The molecule has 23 heavy (non-hydrogen) atoms. The average Bonchev–Trinajstić information content (AvgIpc) is 3.07. The van der Waals surface area contributed by atoms with Crippen LogP contribution in [0, 0.1) is 5.92 Å². The number of carbonyl (C=O) groups excluding carboxylic acids is 1. The summed E-state index contributed by atoms with van der Waals surface area (Å²) in [5.41, 5.74) is 1.17. The molecule has 2 aromatic heterocycles. The van der Waals surface area contributed by atoms with Gasteiger partial charge in [0, 0.05) is 23.9 Å². The molecule has 0 bridgehead atoms. The molecule has 2 N–H and O–H groups in total. The topological polar surface area (TPSA) is 86.6 Å². The minimum absolute atomic E-state index is 0.0147. The van der Waals surface area contributed by atoms with Crippen molar-refractivity contribution in [3.05, 3.63) is 21.9 Å². The number of aryl methyl sites for hydroxylation is 1. The van der Waals surface area contributed by atoms with Crippen molar-refractivity contribution in [2.75, 3.05) is 13.1 Å². The lowest BCUT2D eigenvalue weighted by molar-refractivity contribution is -0.135. The fraction of sp³-hybridized carbons (Fsp3) is 0.533. The Hall–Kier alpha value is -1.28. The van der Waals surface area contributed by atoms with Gasteiger partial charge in [0.25, 0.3) is 0 Å². The fourth-order valence-electron chi connectivity index (χ4n) is 3.49. The van der Waals surface area contributed by atoms with E-state index in [0.717, 1.165) is 27.9 Å². The highest BCUT2D eigenvalue weighted by Gasteiger charge is 2.37. The monoisotopic (exact) mass is 353 g/mol. The van der Waals surface area contributed by atoms with Crippen LogP contribution >= 0.6 is 22.9 Å². The summed E-state index contributed by atoms with van der Waals surface area (Å²) in [6.07, 6.45) is 1.97. The highest BCUT2D eigenvalue weighted by atomic mass is 35.5. The van der Waals surface area contributed by atoms with Crippen molar-refractivity contribution in [1.29, 1.82) is 0 Å². The van der Waals surface area contributed by atoms with Crippen LogP contribution in [-0.4, -0.2) is 56.3 Å². The molecule has 4 rings (SSSR count). The number of fused-ring (bicyclic) bond motifs is 3. The molecule has 2 aromatic rings. The Morgan fingerprint density at radius 2 is 2.04 bits per heavy atom. The zero-order chi connectivity index (χ0) is 16.1. The largest absolute Gasteiger partial charge is 0.388 e. The number of likely N-dealkylation sites (tertiary alicyclic amines) is 1. The van der Waals surface area contributed by atoms with E-state index < -0.39 is 12.2 Å². The summed E-state index contributed by atoms with van der Waals surface area (Å²) in [7, 11) is 0. The van der Waals surface area contributed by atoms with Crippen LogP contribution < -0.4 is 0 Å². The molecule has 0 saturated carbocycles. The number of aromatic nitrogens is 2. The molecule has 0 spiro atoms. The SMILES string of the molecule is O=C([C@H]1CCc2c(sc3ncnc(Cl)c23)C1)N1C[C@H](O)[C@@H](O)C1. The van der Waals surface area contributed by atoms with E-state index in [1.807, 2.05) is 0 Å². The zero-order valence-electron chi connectivity index (χ0n) is 12.3. The Morgan fingerprint density at radius 1 is 1.30 bits per heavy atom. The number of halogens is 1. The predicted molar refractivity (Wildman–Crippen MR) is 86.5 cm³/mol. The third kappa shape index (κ3) is 2.52. The van der Waals surface area contributed by atoms with Gasteiger partial charge in [0.1, 0.15) is 16.3 Å². The molecule has 1 fully saturated rings. The summed E-state index contributed by atoms with van der Waals surface area (Å²) in [6.45, 7) is 0.431. The maximum atomic E-state index is 12.6. The summed E-state index contributed by atoms with van der Waals surface area (Å²) < 4.78 is 0. The second-order valence-corrected chi connectivity index (χ2v) is 7.61. The maximum absolute atomic E-state index is 12.6. The smallest absolute Gasteiger partial charge is 0.226 e. The Kier molecular flexibility index (Phi) is 3.76. The third-order valence-corrected chi connectivity index (χ3v) is 6.17.